The molecule has 1 aromatic heterocycles. The Morgan fingerprint density at radius 2 is 1.90 bits per heavy atom. The number of benzene rings is 3. The summed E-state index contributed by atoms with van der Waals surface area (Å²) in [6.07, 6.45) is 2.83. The third-order valence-electron chi connectivity index (χ3n) is 7.36. The number of carbonyl (C=O) groups excluding carboxylic acids is 1. The van der Waals surface area contributed by atoms with Gasteiger partial charge in [-0.3, -0.25) is 9.10 Å². The Morgan fingerprint density at radius 3 is 2.58 bits per heavy atom. The monoisotopic (exact) mass is 566 g/mol. The first-order chi connectivity index (χ1) is 19.0. The van der Waals surface area contributed by atoms with Crippen molar-refractivity contribution in [1.29, 1.82) is 0 Å². The molecule has 4 aromatic rings. The van der Waals surface area contributed by atoms with Gasteiger partial charge in [0.2, 0.25) is 10.0 Å². The topological polar surface area (TPSA) is 109 Å². The number of amides is 1. The number of carbonyl (C=O) groups is 1. The lowest BCUT2D eigenvalue weighted by atomic mass is 9.79. The molecule has 40 heavy (non-hydrogen) atoms. The van der Waals surface area contributed by atoms with E-state index in [4.69, 9.17) is 9.07 Å². The summed E-state index contributed by atoms with van der Waals surface area (Å²) in [5.41, 5.74) is 3.87. The summed E-state index contributed by atoms with van der Waals surface area (Å²) < 4.78 is 66.7. The first-order valence-electron chi connectivity index (χ1n) is 12.7. The molecule has 1 fully saturated rings. The molecule has 3 aromatic carbocycles. The summed E-state index contributed by atoms with van der Waals surface area (Å²) >= 11 is 0. The van der Waals surface area contributed by atoms with Gasteiger partial charge in [-0.2, -0.15) is 0 Å². The SMILES string of the molecule is CNC(=O)c1c(-c2ccc(F)c(F)c2)oc2cc(N(Cc3ccc4c(c3)COB4O)S(C)(=O)=O)c(C3CC3)cc12. The number of nitrogens with zero attached hydrogens (tertiary/aromatic N) is 1. The van der Waals surface area contributed by atoms with Crippen molar-refractivity contribution in [3.8, 4) is 11.3 Å². The lowest BCUT2D eigenvalue weighted by Crippen LogP contribution is -2.31. The van der Waals surface area contributed by atoms with Crippen molar-refractivity contribution in [2.24, 2.45) is 0 Å². The Labute approximate surface area is 229 Å². The zero-order valence-electron chi connectivity index (χ0n) is 21.7. The first-order valence-corrected chi connectivity index (χ1v) is 14.6. The van der Waals surface area contributed by atoms with Gasteiger partial charge in [0, 0.05) is 24.1 Å². The molecule has 0 atom stereocenters. The maximum absolute atomic E-state index is 14.1. The standard InChI is InChI=1S/C28H25BF2N2O6S/c1-32-28(34)26-20-11-19(16-4-5-16)24(12-25(20)39-27(26)17-6-8-22(30)23(31)10-17)33(40(2,36)37)13-15-3-7-21-18(9-15)14-38-29(21)35/h3,6-12,16,35H,4-5,13-14H2,1-2H3,(H,32,34). The van der Waals surface area contributed by atoms with Crippen LogP contribution >= 0.6 is 0 Å². The van der Waals surface area contributed by atoms with Crippen LogP contribution in [-0.2, 0) is 27.8 Å². The molecular weight excluding hydrogens is 541 g/mol. The van der Waals surface area contributed by atoms with E-state index in [0.717, 1.165) is 42.4 Å². The average Bonchev–Trinajstić information content (AvgIpc) is 3.61. The Bertz CT molecular complexity index is 1790. The molecule has 2 heterocycles. The third-order valence-corrected chi connectivity index (χ3v) is 8.48. The van der Waals surface area contributed by atoms with Crippen LogP contribution in [0.2, 0.25) is 0 Å². The number of fused-ring (bicyclic) bond motifs is 2. The minimum Gasteiger partial charge on any atom is -0.455 e. The number of hydrogen-bond acceptors (Lipinski definition) is 6. The largest absolute Gasteiger partial charge is 0.491 e. The summed E-state index contributed by atoms with van der Waals surface area (Å²) in [6.45, 7) is 0.246. The van der Waals surface area contributed by atoms with Gasteiger partial charge in [-0.05, 0) is 65.2 Å². The molecule has 0 radical (unpaired) electrons. The number of anilines is 1. The molecule has 0 unspecified atom stereocenters. The number of sulfonamides is 1. The Hall–Kier alpha value is -3.74. The summed E-state index contributed by atoms with van der Waals surface area (Å²) in [4.78, 5) is 13.0. The Kier molecular flexibility index (Phi) is 6.44. The zero-order chi connectivity index (χ0) is 28.3. The Balaban J connectivity index is 1.52. The summed E-state index contributed by atoms with van der Waals surface area (Å²) in [7, 11) is -3.33. The van der Waals surface area contributed by atoms with Gasteiger partial charge in [0.25, 0.3) is 5.91 Å². The van der Waals surface area contributed by atoms with E-state index in [0.29, 0.717) is 22.1 Å². The maximum atomic E-state index is 14.1. The molecule has 1 amide bonds. The van der Waals surface area contributed by atoms with Gasteiger partial charge < -0.3 is 19.4 Å². The molecule has 1 aliphatic heterocycles. The van der Waals surface area contributed by atoms with Gasteiger partial charge in [-0.25, -0.2) is 17.2 Å². The highest BCUT2D eigenvalue weighted by molar-refractivity contribution is 7.92. The second-order valence-corrected chi connectivity index (χ2v) is 12.1. The van der Waals surface area contributed by atoms with Crippen molar-refractivity contribution in [3.05, 3.63) is 82.4 Å². The van der Waals surface area contributed by atoms with Crippen LogP contribution in [0.3, 0.4) is 0 Å². The van der Waals surface area contributed by atoms with Crippen molar-refractivity contribution < 1.29 is 36.1 Å². The summed E-state index contributed by atoms with van der Waals surface area (Å²) in [5.74, 6) is -2.45. The van der Waals surface area contributed by atoms with E-state index in [1.165, 1.54) is 17.4 Å². The minimum atomic E-state index is -3.78. The number of rotatable bonds is 7. The molecule has 0 saturated heterocycles. The quantitative estimate of drug-likeness (QED) is 0.330. The predicted octanol–water partition coefficient (Wildman–Crippen LogP) is 3.80. The zero-order valence-corrected chi connectivity index (χ0v) is 22.5. The van der Waals surface area contributed by atoms with Gasteiger partial charge in [-0.15, -0.1) is 0 Å². The van der Waals surface area contributed by atoms with Gasteiger partial charge in [0.15, 0.2) is 11.6 Å². The van der Waals surface area contributed by atoms with Gasteiger partial charge in [0.1, 0.15) is 11.3 Å². The second kappa shape index (κ2) is 9.72. The van der Waals surface area contributed by atoms with E-state index in [1.807, 2.05) is 6.07 Å². The van der Waals surface area contributed by atoms with Crippen LogP contribution in [0, 0.1) is 11.6 Å². The molecule has 12 heteroatoms. The van der Waals surface area contributed by atoms with E-state index >= 15 is 0 Å². The fraction of sp³-hybridized carbons (Fsp3) is 0.250. The van der Waals surface area contributed by atoms with Crippen molar-refractivity contribution in [2.75, 3.05) is 17.6 Å². The molecule has 2 aliphatic rings. The summed E-state index contributed by atoms with van der Waals surface area (Å²) in [5, 5.41) is 13.0. The second-order valence-electron chi connectivity index (χ2n) is 10.2. The fourth-order valence-electron chi connectivity index (χ4n) is 5.21. The van der Waals surface area contributed by atoms with Gasteiger partial charge >= 0.3 is 7.12 Å². The molecule has 8 nitrogen and oxygen atoms in total. The van der Waals surface area contributed by atoms with Crippen molar-refractivity contribution in [3.63, 3.8) is 0 Å². The maximum Gasteiger partial charge on any atom is 0.491 e. The lowest BCUT2D eigenvalue weighted by molar-refractivity contribution is 0.0964. The van der Waals surface area contributed by atoms with E-state index in [-0.39, 0.29) is 41.5 Å². The first kappa shape index (κ1) is 26.5. The van der Waals surface area contributed by atoms with Crippen molar-refractivity contribution in [1.82, 2.24) is 5.32 Å². The molecule has 2 N–H and O–H groups in total. The highest BCUT2D eigenvalue weighted by atomic mass is 32.2. The molecule has 0 bridgehead atoms. The van der Waals surface area contributed by atoms with Crippen LogP contribution in [0.1, 0.15) is 45.8 Å². The highest BCUT2D eigenvalue weighted by Crippen LogP contribution is 2.48. The van der Waals surface area contributed by atoms with Gasteiger partial charge in [-0.1, -0.05) is 18.2 Å². The molecular formula is C28H25BF2N2O6S. The third kappa shape index (κ3) is 4.65. The van der Waals surface area contributed by atoms with Crippen LogP contribution in [0.15, 0.2) is 52.9 Å². The van der Waals surface area contributed by atoms with E-state index in [9.17, 15) is 27.0 Å². The summed E-state index contributed by atoms with van der Waals surface area (Å²) in [6, 6.07) is 11.9. The van der Waals surface area contributed by atoms with Gasteiger partial charge in [0.05, 0.1) is 30.7 Å². The van der Waals surface area contributed by atoms with Crippen molar-refractivity contribution >= 4 is 45.2 Å². The molecule has 1 saturated carbocycles. The number of nitrogens with one attached hydrogen (secondary N) is 1. The predicted molar refractivity (Wildman–Crippen MR) is 147 cm³/mol. The highest BCUT2D eigenvalue weighted by Gasteiger charge is 2.34. The van der Waals surface area contributed by atoms with Crippen LogP contribution in [0.25, 0.3) is 22.3 Å². The lowest BCUT2D eigenvalue weighted by Gasteiger charge is -2.25. The van der Waals surface area contributed by atoms with Crippen LogP contribution in [-0.4, -0.2) is 39.8 Å². The Morgan fingerprint density at radius 1 is 1.12 bits per heavy atom. The number of halogens is 2. The minimum absolute atomic E-state index is 0.0203. The van der Waals surface area contributed by atoms with Crippen LogP contribution < -0.4 is 15.1 Å². The molecule has 0 spiro atoms. The van der Waals surface area contributed by atoms with Crippen molar-refractivity contribution in [2.45, 2.75) is 31.9 Å². The normalized spacial score (nSPS) is 15.0. The number of hydrogen-bond donors (Lipinski definition) is 2. The molecule has 6 rings (SSSR count). The van der Waals surface area contributed by atoms with E-state index in [1.54, 1.807) is 24.3 Å². The number of furan rings is 1. The molecule has 206 valence electrons. The smallest absolute Gasteiger partial charge is 0.455 e. The fourth-order valence-corrected chi connectivity index (χ4v) is 6.11. The average molecular weight is 566 g/mol. The molecule has 1 aliphatic carbocycles. The van der Waals surface area contributed by atoms with E-state index in [2.05, 4.69) is 5.32 Å². The van der Waals surface area contributed by atoms with Crippen LogP contribution in [0.4, 0.5) is 14.5 Å². The van der Waals surface area contributed by atoms with E-state index < -0.39 is 34.7 Å². The van der Waals surface area contributed by atoms with Crippen LogP contribution in [0.5, 0.6) is 0 Å².